The molecule has 6 nitrogen and oxygen atoms in total. The molecule has 6 heteroatoms. The molecule has 0 amide bonds. The van der Waals surface area contributed by atoms with E-state index in [-0.39, 0.29) is 0 Å². The molecule has 0 aromatic heterocycles. The third-order valence-electron chi connectivity index (χ3n) is 5.86. The van der Waals surface area contributed by atoms with E-state index >= 15 is 0 Å². The Labute approximate surface area is 159 Å². The zero-order valence-electron chi connectivity index (χ0n) is 17.0. The highest BCUT2D eigenvalue weighted by Gasteiger charge is 2.27. The quantitative estimate of drug-likeness (QED) is 0.545. The monoisotopic (exact) mass is 365 g/mol. The number of guanidine groups is 1. The van der Waals surface area contributed by atoms with Gasteiger partial charge in [-0.15, -0.1) is 0 Å². The molecule has 150 valence electrons. The molecule has 3 saturated heterocycles. The number of nitrogens with one attached hydrogen (secondary N) is 1. The Hall–Kier alpha value is -0.850. The Morgan fingerprint density at radius 1 is 1.12 bits per heavy atom. The summed E-state index contributed by atoms with van der Waals surface area (Å²) in [7, 11) is 0. The lowest BCUT2D eigenvalue weighted by Crippen LogP contribution is -2.42. The fourth-order valence-electron chi connectivity index (χ4n) is 4.45. The zero-order valence-corrected chi connectivity index (χ0v) is 17.0. The molecule has 1 N–H and O–H groups in total. The van der Waals surface area contributed by atoms with Crippen LogP contribution in [0, 0.1) is 11.8 Å². The molecular weight excluding hydrogens is 326 g/mol. The largest absolute Gasteiger partial charge is 0.379 e. The summed E-state index contributed by atoms with van der Waals surface area (Å²) in [6.07, 6.45) is 4.09. The van der Waals surface area contributed by atoms with Gasteiger partial charge in [0.1, 0.15) is 0 Å². The van der Waals surface area contributed by atoms with Crippen molar-refractivity contribution in [2.45, 2.75) is 33.1 Å². The maximum atomic E-state index is 5.45. The van der Waals surface area contributed by atoms with Crippen LogP contribution in [0.5, 0.6) is 0 Å². The average molecular weight is 366 g/mol. The predicted octanol–water partition coefficient (Wildman–Crippen LogP) is 1.34. The summed E-state index contributed by atoms with van der Waals surface area (Å²) in [6.45, 7) is 17.6. The van der Waals surface area contributed by atoms with Crippen LogP contribution in [0.1, 0.15) is 33.1 Å². The van der Waals surface area contributed by atoms with Gasteiger partial charge in [0.15, 0.2) is 5.96 Å². The molecule has 0 bridgehead atoms. The van der Waals surface area contributed by atoms with Crippen LogP contribution >= 0.6 is 0 Å². The lowest BCUT2D eigenvalue weighted by atomic mass is 10.1. The van der Waals surface area contributed by atoms with E-state index in [1.54, 1.807) is 0 Å². The molecule has 0 aromatic carbocycles. The number of likely N-dealkylation sites (tertiary alicyclic amines) is 2. The van der Waals surface area contributed by atoms with Crippen molar-refractivity contribution in [3.05, 3.63) is 0 Å². The van der Waals surface area contributed by atoms with E-state index in [4.69, 9.17) is 9.73 Å². The van der Waals surface area contributed by atoms with Gasteiger partial charge in [-0.25, -0.2) is 0 Å². The Morgan fingerprint density at radius 2 is 1.88 bits per heavy atom. The summed E-state index contributed by atoms with van der Waals surface area (Å²) in [5, 5.41) is 3.53. The highest BCUT2D eigenvalue weighted by atomic mass is 16.5. The smallest absolute Gasteiger partial charge is 0.193 e. The van der Waals surface area contributed by atoms with Gasteiger partial charge in [-0.2, -0.15) is 0 Å². The van der Waals surface area contributed by atoms with E-state index in [0.717, 1.165) is 64.4 Å². The number of aliphatic imine (C=N–C) groups is 1. The Bertz CT molecular complexity index is 432. The van der Waals surface area contributed by atoms with Crippen molar-refractivity contribution in [3.63, 3.8) is 0 Å². The first-order chi connectivity index (χ1) is 12.7. The summed E-state index contributed by atoms with van der Waals surface area (Å²) in [5.74, 6) is 2.53. The van der Waals surface area contributed by atoms with Crippen LogP contribution in [-0.4, -0.2) is 99.3 Å². The molecule has 3 fully saturated rings. The summed E-state index contributed by atoms with van der Waals surface area (Å²) in [4.78, 5) is 12.6. The molecular formula is C20H39N5O. The average Bonchev–Trinajstić information content (AvgIpc) is 3.32. The zero-order chi connectivity index (χ0) is 18.2. The molecule has 0 aromatic rings. The van der Waals surface area contributed by atoms with Gasteiger partial charge in [0.2, 0.25) is 0 Å². The molecule has 26 heavy (non-hydrogen) atoms. The second-order valence-electron chi connectivity index (χ2n) is 8.32. The molecule has 0 aliphatic carbocycles. The maximum Gasteiger partial charge on any atom is 0.193 e. The number of morpholine rings is 1. The Morgan fingerprint density at radius 3 is 2.62 bits per heavy atom. The van der Waals surface area contributed by atoms with Crippen molar-refractivity contribution in [1.82, 2.24) is 20.0 Å². The van der Waals surface area contributed by atoms with E-state index < -0.39 is 0 Å². The lowest BCUT2D eigenvalue weighted by molar-refractivity contribution is 0.0323. The SMILES string of the molecule is CCNC(=NCC(C)CN1CCOCC1)N1CCC(CN2CCCC2)C1. The van der Waals surface area contributed by atoms with Crippen LogP contribution in [0.15, 0.2) is 4.99 Å². The first kappa shape index (κ1) is 19.9. The summed E-state index contributed by atoms with van der Waals surface area (Å²) < 4.78 is 5.45. The van der Waals surface area contributed by atoms with Crippen LogP contribution in [0.2, 0.25) is 0 Å². The molecule has 3 heterocycles. The van der Waals surface area contributed by atoms with E-state index in [1.165, 1.54) is 45.4 Å². The van der Waals surface area contributed by atoms with Gasteiger partial charge >= 0.3 is 0 Å². The van der Waals surface area contributed by atoms with E-state index in [0.29, 0.717) is 5.92 Å². The summed E-state index contributed by atoms with van der Waals surface area (Å²) >= 11 is 0. The predicted molar refractivity (Wildman–Crippen MR) is 108 cm³/mol. The Kier molecular flexibility index (Phi) is 8.02. The third-order valence-corrected chi connectivity index (χ3v) is 5.86. The number of ether oxygens (including phenoxy) is 1. The molecule has 2 atom stereocenters. The van der Waals surface area contributed by atoms with Crippen LogP contribution in [0.25, 0.3) is 0 Å². The van der Waals surface area contributed by atoms with Gasteiger partial charge in [-0.1, -0.05) is 6.92 Å². The number of nitrogens with zero attached hydrogens (tertiary/aromatic N) is 4. The van der Waals surface area contributed by atoms with E-state index in [2.05, 4.69) is 33.9 Å². The fraction of sp³-hybridized carbons (Fsp3) is 0.950. The van der Waals surface area contributed by atoms with Gasteiger partial charge in [-0.3, -0.25) is 9.89 Å². The molecule has 3 rings (SSSR count). The summed E-state index contributed by atoms with van der Waals surface area (Å²) in [6, 6.07) is 0. The standard InChI is InChI=1S/C20H39N5O/c1-3-21-20(22-14-18(2)15-24-10-12-26-13-11-24)25-9-6-19(17-25)16-23-7-4-5-8-23/h18-19H,3-17H2,1-2H3,(H,21,22). The highest BCUT2D eigenvalue weighted by molar-refractivity contribution is 5.80. The van der Waals surface area contributed by atoms with E-state index in [9.17, 15) is 0 Å². The van der Waals surface area contributed by atoms with Crippen LogP contribution in [0.4, 0.5) is 0 Å². The van der Waals surface area contributed by atoms with Gasteiger partial charge in [0, 0.05) is 52.4 Å². The molecule has 3 aliphatic rings. The molecule has 3 aliphatic heterocycles. The van der Waals surface area contributed by atoms with Gasteiger partial charge < -0.3 is 19.9 Å². The van der Waals surface area contributed by atoms with Crippen LogP contribution in [0.3, 0.4) is 0 Å². The fourth-order valence-corrected chi connectivity index (χ4v) is 4.45. The van der Waals surface area contributed by atoms with Crippen molar-refractivity contribution in [2.24, 2.45) is 16.8 Å². The Balaban J connectivity index is 1.45. The first-order valence-electron chi connectivity index (χ1n) is 10.8. The molecule has 2 unspecified atom stereocenters. The van der Waals surface area contributed by atoms with Gasteiger partial charge in [-0.05, 0) is 51.1 Å². The minimum absolute atomic E-state index is 0.588. The number of hydrogen-bond donors (Lipinski definition) is 1. The molecule has 0 radical (unpaired) electrons. The molecule has 0 saturated carbocycles. The van der Waals surface area contributed by atoms with Crippen molar-refractivity contribution < 1.29 is 4.74 Å². The third kappa shape index (κ3) is 6.10. The van der Waals surface area contributed by atoms with Crippen molar-refractivity contribution >= 4 is 5.96 Å². The number of hydrogen-bond acceptors (Lipinski definition) is 4. The van der Waals surface area contributed by atoms with Crippen molar-refractivity contribution in [1.29, 1.82) is 0 Å². The highest BCUT2D eigenvalue weighted by Crippen LogP contribution is 2.20. The van der Waals surface area contributed by atoms with Gasteiger partial charge in [0.25, 0.3) is 0 Å². The lowest BCUT2D eigenvalue weighted by Gasteiger charge is -2.29. The summed E-state index contributed by atoms with van der Waals surface area (Å²) in [5.41, 5.74) is 0. The topological polar surface area (TPSA) is 43.3 Å². The second-order valence-corrected chi connectivity index (χ2v) is 8.32. The minimum atomic E-state index is 0.588. The second kappa shape index (κ2) is 10.5. The van der Waals surface area contributed by atoms with E-state index in [1.807, 2.05) is 0 Å². The number of rotatable bonds is 7. The molecule has 0 spiro atoms. The maximum absolute atomic E-state index is 5.45. The van der Waals surface area contributed by atoms with Crippen LogP contribution in [-0.2, 0) is 4.74 Å². The first-order valence-corrected chi connectivity index (χ1v) is 10.8. The normalized spacial score (nSPS) is 27.2. The van der Waals surface area contributed by atoms with Crippen LogP contribution < -0.4 is 5.32 Å². The minimum Gasteiger partial charge on any atom is -0.379 e. The van der Waals surface area contributed by atoms with Crippen molar-refractivity contribution in [2.75, 3.05) is 78.7 Å². The van der Waals surface area contributed by atoms with Crippen molar-refractivity contribution in [3.8, 4) is 0 Å². The van der Waals surface area contributed by atoms with Gasteiger partial charge in [0.05, 0.1) is 13.2 Å².